The monoisotopic (exact) mass is 432 g/mol. The molecule has 0 amide bonds. The van der Waals surface area contributed by atoms with Gasteiger partial charge < -0.3 is 9.30 Å². The molecule has 3 aromatic rings. The molecule has 1 aromatic carbocycles. The smallest absolute Gasteiger partial charge is 0.191 e. The van der Waals surface area contributed by atoms with Crippen LogP contribution in [0.5, 0.6) is 0 Å². The molecular weight excluding hydrogens is 408 g/mol. The fourth-order valence-corrected chi connectivity index (χ4v) is 4.30. The summed E-state index contributed by atoms with van der Waals surface area (Å²) in [7, 11) is 2.09. The predicted molar refractivity (Wildman–Crippen MR) is 115 cm³/mol. The molecule has 1 saturated heterocycles. The summed E-state index contributed by atoms with van der Waals surface area (Å²) in [6, 6.07) is 7.79. The van der Waals surface area contributed by atoms with Crippen molar-refractivity contribution >= 4 is 23.4 Å². The van der Waals surface area contributed by atoms with Gasteiger partial charge in [0, 0.05) is 23.7 Å². The maximum Gasteiger partial charge on any atom is 0.191 e. The Morgan fingerprint density at radius 2 is 2.10 bits per heavy atom. The molecule has 0 aliphatic carbocycles. The fraction of sp³-hybridized carbons (Fsp3) is 0.450. The highest BCUT2D eigenvalue weighted by atomic mass is 35.5. The van der Waals surface area contributed by atoms with Crippen molar-refractivity contribution < 1.29 is 4.74 Å². The lowest BCUT2D eigenvalue weighted by molar-refractivity contribution is 0.0934. The summed E-state index contributed by atoms with van der Waals surface area (Å²) >= 11 is 7.64. The number of thioether (sulfide) groups is 1. The third-order valence-corrected chi connectivity index (χ3v) is 6.01. The molecular formula is C20H25ClN6OS. The molecule has 1 atom stereocenters. The molecule has 4 rings (SSSR count). The van der Waals surface area contributed by atoms with Crippen LogP contribution in [-0.4, -0.2) is 55.9 Å². The molecule has 1 N–H and O–H groups in total. The van der Waals surface area contributed by atoms with Crippen molar-refractivity contribution in [1.82, 2.24) is 29.9 Å². The first kappa shape index (κ1) is 20.4. The first-order valence-electron chi connectivity index (χ1n) is 9.68. The Balaban J connectivity index is 1.47. The van der Waals surface area contributed by atoms with E-state index in [0.29, 0.717) is 6.54 Å². The minimum Gasteiger partial charge on any atom is -0.376 e. The average Bonchev–Trinajstić information content (AvgIpc) is 3.46. The zero-order chi connectivity index (χ0) is 20.2. The topological polar surface area (TPSA) is 71.9 Å². The van der Waals surface area contributed by atoms with Crippen LogP contribution < -0.4 is 0 Å². The number of ether oxygens (including phenoxy) is 1. The second-order valence-corrected chi connectivity index (χ2v) is 8.51. The summed E-state index contributed by atoms with van der Waals surface area (Å²) in [5.41, 5.74) is 3.21. The van der Waals surface area contributed by atoms with E-state index in [2.05, 4.69) is 36.9 Å². The number of halogens is 1. The third kappa shape index (κ3) is 4.83. The second-order valence-electron chi connectivity index (χ2n) is 7.30. The van der Waals surface area contributed by atoms with Crippen molar-refractivity contribution in [3.63, 3.8) is 0 Å². The van der Waals surface area contributed by atoms with Crippen molar-refractivity contribution in [1.29, 1.82) is 0 Å². The highest BCUT2D eigenvalue weighted by Crippen LogP contribution is 2.25. The Morgan fingerprint density at radius 3 is 2.83 bits per heavy atom. The fourth-order valence-electron chi connectivity index (χ4n) is 3.65. The highest BCUT2D eigenvalue weighted by molar-refractivity contribution is 7.98. The molecule has 2 aromatic heterocycles. The van der Waals surface area contributed by atoms with Gasteiger partial charge >= 0.3 is 0 Å². The molecule has 0 radical (unpaired) electrons. The van der Waals surface area contributed by atoms with Crippen molar-refractivity contribution in [2.75, 3.05) is 19.9 Å². The third-order valence-electron chi connectivity index (χ3n) is 5.09. The van der Waals surface area contributed by atoms with Gasteiger partial charge in [-0.1, -0.05) is 35.5 Å². The first-order valence-corrected chi connectivity index (χ1v) is 11.3. The molecule has 9 heteroatoms. The summed E-state index contributed by atoms with van der Waals surface area (Å²) in [6.45, 7) is 3.11. The van der Waals surface area contributed by atoms with Gasteiger partial charge in [0.2, 0.25) is 0 Å². The number of aromatic amines is 1. The zero-order valence-corrected chi connectivity index (χ0v) is 18.2. The van der Waals surface area contributed by atoms with E-state index in [-0.39, 0.29) is 6.10 Å². The van der Waals surface area contributed by atoms with Crippen molar-refractivity contribution in [3.05, 3.63) is 46.9 Å². The minimum absolute atomic E-state index is 0.256. The van der Waals surface area contributed by atoms with Crippen LogP contribution in [0.1, 0.15) is 24.2 Å². The number of nitrogens with zero attached hydrogens (tertiary/aromatic N) is 5. The van der Waals surface area contributed by atoms with E-state index in [1.54, 1.807) is 11.8 Å². The van der Waals surface area contributed by atoms with Gasteiger partial charge in [0.15, 0.2) is 5.16 Å². The van der Waals surface area contributed by atoms with Gasteiger partial charge in [0.1, 0.15) is 5.82 Å². The van der Waals surface area contributed by atoms with Crippen LogP contribution in [0.2, 0.25) is 5.02 Å². The summed E-state index contributed by atoms with van der Waals surface area (Å²) in [6.07, 6.45) is 6.40. The van der Waals surface area contributed by atoms with Crippen LogP contribution in [0.15, 0.2) is 35.6 Å². The molecule has 0 spiro atoms. The van der Waals surface area contributed by atoms with E-state index in [4.69, 9.17) is 16.3 Å². The van der Waals surface area contributed by atoms with Crippen LogP contribution in [0.25, 0.3) is 11.3 Å². The Hall–Kier alpha value is -1.87. The quantitative estimate of drug-likeness (QED) is 0.545. The first-order chi connectivity index (χ1) is 14.1. The van der Waals surface area contributed by atoms with E-state index >= 15 is 0 Å². The lowest BCUT2D eigenvalue weighted by Gasteiger charge is -2.19. The molecule has 29 heavy (non-hydrogen) atoms. The summed E-state index contributed by atoms with van der Waals surface area (Å²) < 4.78 is 8.02. The average molecular weight is 433 g/mol. The second kappa shape index (κ2) is 9.30. The lowest BCUT2D eigenvalue weighted by atomic mass is 10.1. The Labute approximate surface area is 179 Å². The summed E-state index contributed by atoms with van der Waals surface area (Å²) in [5, 5.41) is 17.8. The van der Waals surface area contributed by atoms with Crippen LogP contribution in [0.4, 0.5) is 0 Å². The molecule has 0 saturated carbocycles. The molecule has 1 aliphatic heterocycles. The van der Waals surface area contributed by atoms with E-state index < -0.39 is 0 Å². The van der Waals surface area contributed by atoms with Crippen molar-refractivity contribution in [2.45, 2.75) is 43.7 Å². The number of benzene rings is 1. The number of rotatable bonds is 8. The van der Waals surface area contributed by atoms with Gasteiger partial charge in [-0.2, -0.15) is 5.10 Å². The largest absolute Gasteiger partial charge is 0.376 e. The zero-order valence-electron chi connectivity index (χ0n) is 16.6. The number of hydrogen-bond donors (Lipinski definition) is 1. The summed E-state index contributed by atoms with van der Waals surface area (Å²) in [5.74, 6) is 0.962. The molecule has 1 fully saturated rings. The van der Waals surface area contributed by atoms with E-state index in [9.17, 15) is 0 Å². The number of H-pyrrole nitrogens is 1. The number of aromatic nitrogens is 5. The van der Waals surface area contributed by atoms with Crippen LogP contribution in [0.3, 0.4) is 0 Å². The number of nitrogens with one attached hydrogen (secondary N) is 1. The normalized spacial score (nSPS) is 16.8. The van der Waals surface area contributed by atoms with Crippen molar-refractivity contribution in [2.24, 2.45) is 0 Å². The Kier molecular flexibility index (Phi) is 6.54. The van der Waals surface area contributed by atoms with E-state index in [1.807, 2.05) is 36.7 Å². The molecule has 1 unspecified atom stereocenters. The maximum absolute atomic E-state index is 6.02. The van der Waals surface area contributed by atoms with Gasteiger partial charge in [0.05, 0.1) is 31.1 Å². The molecule has 0 bridgehead atoms. The van der Waals surface area contributed by atoms with E-state index in [0.717, 1.165) is 65.4 Å². The molecule has 154 valence electrons. The van der Waals surface area contributed by atoms with Gasteiger partial charge in [0.25, 0.3) is 0 Å². The van der Waals surface area contributed by atoms with Crippen molar-refractivity contribution in [3.8, 4) is 11.3 Å². The predicted octanol–water partition coefficient (Wildman–Crippen LogP) is 3.85. The maximum atomic E-state index is 6.02. The summed E-state index contributed by atoms with van der Waals surface area (Å²) in [4.78, 5) is 2.23. The SMILES string of the molecule is CSc1nnc(CN(C)Cc2cn[nH]c2-c2ccc(Cl)cc2)n1CC1CCCO1. The van der Waals surface area contributed by atoms with Gasteiger partial charge in [-0.05, 0) is 43.8 Å². The van der Waals surface area contributed by atoms with Gasteiger partial charge in [-0.25, -0.2) is 0 Å². The highest BCUT2D eigenvalue weighted by Gasteiger charge is 2.21. The van der Waals surface area contributed by atoms with Crippen LogP contribution in [-0.2, 0) is 24.4 Å². The van der Waals surface area contributed by atoms with Gasteiger partial charge in [-0.3, -0.25) is 10.00 Å². The van der Waals surface area contributed by atoms with Crippen LogP contribution >= 0.6 is 23.4 Å². The number of hydrogen-bond acceptors (Lipinski definition) is 6. The Morgan fingerprint density at radius 1 is 1.28 bits per heavy atom. The van der Waals surface area contributed by atoms with Crippen LogP contribution in [0, 0.1) is 0 Å². The van der Waals surface area contributed by atoms with E-state index in [1.165, 1.54) is 0 Å². The molecule has 1 aliphatic rings. The standard InChI is InChI=1S/C20H25ClN6OS/c1-26(11-15-10-22-24-19(15)14-5-7-16(21)8-6-14)13-18-23-25-20(29-2)27(18)12-17-4-3-9-28-17/h5-8,10,17H,3-4,9,11-13H2,1-2H3,(H,22,24). The Bertz CT molecular complexity index is 935. The minimum atomic E-state index is 0.256. The molecule has 7 nitrogen and oxygen atoms in total. The lowest BCUT2D eigenvalue weighted by Crippen LogP contribution is -2.23. The molecule has 3 heterocycles. The van der Waals surface area contributed by atoms with Gasteiger partial charge in [-0.15, -0.1) is 10.2 Å².